The summed E-state index contributed by atoms with van der Waals surface area (Å²) in [6.45, 7) is 4.81. The molecule has 6 nitrogen and oxygen atoms in total. The summed E-state index contributed by atoms with van der Waals surface area (Å²) in [6, 6.07) is 8.19. The maximum Gasteiger partial charge on any atom is 0.208 e. The Hall–Kier alpha value is -1.44. The molecule has 0 saturated carbocycles. The van der Waals surface area contributed by atoms with E-state index in [4.69, 9.17) is 0 Å². The molecular weight excluding hydrogens is 288 g/mol. The van der Waals surface area contributed by atoms with Gasteiger partial charge < -0.3 is 5.32 Å². The first-order valence-electron chi connectivity index (χ1n) is 7.11. The largest absolute Gasteiger partial charge is 0.311 e. The van der Waals surface area contributed by atoms with Gasteiger partial charge in [-0.05, 0) is 26.0 Å². The summed E-state index contributed by atoms with van der Waals surface area (Å²) in [5.74, 6) is 0. The number of aryl methyl sites for hydroxylation is 1. The van der Waals surface area contributed by atoms with Crippen molar-refractivity contribution in [1.29, 1.82) is 0 Å². The summed E-state index contributed by atoms with van der Waals surface area (Å²) >= 11 is 0. The number of hydrogen-bond donors (Lipinski definition) is 2. The molecular formula is C14H22N4O2S. The van der Waals surface area contributed by atoms with E-state index < -0.39 is 10.0 Å². The lowest BCUT2D eigenvalue weighted by Crippen LogP contribution is -2.26. The van der Waals surface area contributed by atoms with Gasteiger partial charge >= 0.3 is 0 Å². The molecule has 0 radical (unpaired) electrons. The molecule has 0 fully saturated rings. The van der Waals surface area contributed by atoms with Gasteiger partial charge in [0.15, 0.2) is 0 Å². The highest BCUT2D eigenvalue weighted by Crippen LogP contribution is 2.18. The first kappa shape index (κ1) is 15.9. The number of hydrogen-bond acceptors (Lipinski definition) is 4. The molecule has 21 heavy (non-hydrogen) atoms. The molecule has 0 unspecified atom stereocenters. The van der Waals surface area contributed by atoms with Gasteiger partial charge in [0.05, 0.1) is 17.5 Å². The monoisotopic (exact) mass is 310 g/mol. The van der Waals surface area contributed by atoms with Crippen LogP contribution in [0.25, 0.3) is 10.9 Å². The van der Waals surface area contributed by atoms with Crippen LogP contribution in [0.1, 0.15) is 19.0 Å². The number of nitrogens with zero attached hydrogens (tertiary/aromatic N) is 2. The van der Waals surface area contributed by atoms with Crippen LogP contribution >= 0.6 is 0 Å². The predicted molar refractivity (Wildman–Crippen MR) is 84.6 cm³/mol. The molecule has 0 aliphatic rings. The first-order valence-corrected chi connectivity index (χ1v) is 9.00. The van der Waals surface area contributed by atoms with Crippen molar-refractivity contribution in [3.8, 4) is 0 Å². The number of fused-ring (bicyclic) bond motifs is 1. The molecule has 0 aliphatic heterocycles. The molecule has 0 atom stereocenters. The second-order valence-corrected chi connectivity index (χ2v) is 6.81. The van der Waals surface area contributed by atoms with Gasteiger partial charge in [0, 0.05) is 25.0 Å². The highest BCUT2D eigenvalue weighted by molar-refractivity contribution is 7.88. The first-order chi connectivity index (χ1) is 10.0. The van der Waals surface area contributed by atoms with Gasteiger partial charge in [-0.3, -0.25) is 4.68 Å². The fourth-order valence-electron chi connectivity index (χ4n) is 2.25. The maximum absolute atomic E-state index is 10.9. The van der Waals surface area contributed by atoms with Gasteiger partial charge in [0.1, 0.15) is 0 Å². The van der Waals surface area contributed by atoms with Crippen molar-refractivity contribution in [2.24, 2.45) is 0 Å². The standard InChI is InChI=1S/C14H22N4O2S/c1-3-18-14-8-5-4-7-12(14)13(17-18)11-15-9-6-10-16-21(2,19)20/h4-5,7-8,15-16H,3,6,9-11H2,1-2H3. The zero-order valence-corrected chi connectivity index (χ0v) is 13.3. The molecule has 0 saturated heterocycles. The van der Waals surface area contributed by atoms with Crippen LogP contribution in [0.5, 0.6) is 0 Å². The molecule has 0 amide bonds. The van der Waals surface area contributed by atoms with Crippen LogP contribution in [-0.2, 0) is 23.1 Å². The molecule has 0 spiro atoms. The molecule has 1 aromatic carbocycles. The van der Waals surface area contributed by atoms with Crippen LogP contribution in [0.15, 0.2) is 24.3 Å². The minimum atomic E-state index is -3.09. The number of aromatic nitrogens is 2. The molecule has 1 heterocycles. The quantitative estimate of drug-likeness (QED) is 0.716. The van der Waals surface area contributed by atoms with Gasteiger partial charge in [-0.15, -0.1) is 0 Å². The van der Waals surface area contributed by atoms with E-state index >= 15 is 0 Å². The second-order valence-electron chi connectivity index (χ2n) is 4.98. The second kappa shape index (κ2) is 7.02. The minimum absolute atomic E-state index is 0.454. The molecule has 2 N–H and O–H groups in total. The lowest BCUT2D eigenvalue weighted by atomic mass is 10.2. The van der Waals surface area contributed by atoms with E-state index in [-0.39, 0.29) is 0 Å². The van der Waals surface area contributed by atoms with Crippen LogP contribution in [0.2, 0.25) is 0 Å². The van der Waals surface area contributed by atoms with Crippen LogP contribution in [-0.4, -0.2) is 37.5 Å². The molecule has 7 heteroatoms. The normalized spacial score (nSPS) is 12.1. The number of sulfonamides is 1. The Morgan fingerprint density at radius 2 is 2.00 bits per heavy atom. The molecule has 1 aromatic heterocycles. The number of para-hydroxylation sites is 1. The molecule has 2 rings (SSSR count). The summed E-state index contributed by atoms with van der Waals surface area (Å²) in [7, 11) is -3.09. The smallest absolute Gasteiger partial charge is 0.208 e. The van der Waals surface area contributed by atoms with Gasteiger partial charge in [0.2, 0.25) is 10.0 Å². The fourth-order valence-corrected chi connectivity index (χ4v) is 2.76. The number of nitrogens with one attached hydrogen (secondary N) is 2. The van der Waals surface area contributed by atoms with E-state index in [1.165, 1.54) is 11.6 Å². The molecule has 116 valence electrons. The summed E-state index contributed by atoms with van der Waals surface area (Å²) in [5.41, 5.74) is 2.18. The van der Waals surface area contributed by atoms with Crippen molar-refractivity contribution < 1.29 is 8.42 Å². The van der Waals surface area contributed by atoms with E-state index in [1.807, 2.05) is 16.8 Å². The van der Waals surface area contributed by atoms with E-state index in [0.29, 0.717) is 13.1 Å². The predicted octanol–water partition coefficient (Wildman–Crippen LogP) is 1.09. The van der Waals surface area contributed by atoms with Crippen LogP contribution in [0.4, 0.5) is 0 Å². The van der Waals surface area contributed by atoms with E-state index in [9.17, 15) is 8.42 Å². The third-order valence-corrected chi connectivity index (χ3v) is 3.95. The van der Waals surface area contributed by atoms with Crippen molar-refractivity contribution in [2.75, 3.05) is 19.3 Å². The van der Waals surface area contributed by atoms with Crippen molar-refractivity contribution in [3.63, 3.8) is 0 Å². The zero-order valence-electron chi connectivity index (χ0n) is 12.5. The summed E-state index contributed by atoms with van der Waals surface area (Å²) < 4.78 is 26.3. The fraction of sp³-hybridized carbons (Fsp3) is 0.500. The Labute approximate surface area is 125 Å². The van der Waals surface area contributed by atoms with Gasteiger partial charge in [-0.2, -0.15) is 5.10 Å². The third kappa shape index (κ3) is 4.52. The average Bonchev–Trinajstić information content (AvgIpc) is 2.80. The van der Waals surface area contributed by atoms with E-state index in [0.717, 1.165) is 30.7 Å². The topological polar surface area (TPSA) is 76.0 Å². The molecule has 0 bridgehead atoms. The minimum Gasteiger partial charge on any atom is -0.311 e. The maximum atomic E-state index is 10.9. The Kier molecular flexibility index (Phi) is 5.33. The Morgan fingerprint density at radius 3 is 2.71 bits per heavy atom. The lowest BCUT2D eigenvalue weighted by Gasteiger charge is -2.04. The Balaban J connectivity index is 1.86. The van der Waals surface area contributed by atoms with Crippen molar-refractivity contribution in [2.45, 2.75) is 26.4 Å². The summed E-state index contributed by atoms with van der Waals surface area (Å²) in [5, 5.41) is 9.08. The SMILES string of the molecule is CCn1nc(CNCCCNS(C)(=O)=O)c2ccccc21. The highest BCUT2D eigenvalue weighted by Gasteiger charge is 2.08. The van der Waals surface area contributed by atoms with E-state index in [1.54, 1.807) is 0 Å². The number of rotatable bonds is 8. The third-order valence-electron chi connectivity index (χ3n) is 3.22. The van der Waals surface area contributed by atoms with Gasteiger partial charge in [-0.1, -0.05) is 18.2 Å². The number of benzene rings is 1. The van der Waals surface area contributed by atoms with Crippen LogP contribution in [0.3, 0.4) is 0 Å². The molecule has 0 aliphatic carbocycles. The van der Waals surface area contributed by atoms with Crippen molar-refractivity contribution >= 4 is 20.9 Å². The van der Waals surface area contributed by atoms with Crippen LogP contribution < -0.4 is 10.0 Å². The Bertz CT molecular complexity index is 694. The van der Waals surface area contributed by atoms with Crippen molar-refractivity contribution in [1.82, 2.24) is 19.8 Å². The van der Waals surface area contributed by atoms with Gasteiger partial charge in [0.25, 0.3) is 0 Å². The summed E-state index contributed by atoms with van der Waals surface area (Å²) in [4.78, 5) is 0. The van der Waals surface area contributed by atoms with Crippen LogP contribution in [0, 0.1) is 0 Å². The zero-order chi connectivity index (χ0) is 15.3. The highest BCUT2D eigenvalue weighted by atomic mass is 32.2. The lowest BCUT2D eigenvalue weighted by molar-refractivity contribution is 0.576. The van der Waals surface area contributed by atoms with Gasteiger partial charge in [-0.25, -0.2) is 13.1 Å². The average molecular weight is 310 g/mol. The summed E-state index contributed by atoms with van der Waals surface area (Å²) in [6.07, 6.45) is 1.92. The van der Waals surface area contributed by atoms with Crippen molar-refractivity contribution in [3.05, 3.63) is 30.0 Å². The molecule has 2 aromatic rings. The van der Waals surface area contributed by atoms with E-state index in [2.05, 4.69) is 34.2 Å². The Morgan fingerprint density at radius 1 is 1.24 bits per heavy atom.